The molecule has 1 aromatic rings. The van der Waals surface area contributed by atoms with Crippen molar-refractivity contribution in [3.8, 4) is 11.5 Å². The number of nitro groups is 1. The van der Waals surface area contributed by atoms with Crippen molar-refractivity contribution >= 4 is 5.69 Å². The van der Waals surface area contributed by atoms with Gasteiger partial charge in [-0.3, -0.25) is 10.1 Å². The Labute approximate surface area is 90.1 Å². The van der Waals surface area contributed by atoms with E-state index in [2.05, 4.69) is 0 Å². The fraction of sp³-hybridized carbons (Fsp3) is 0. The first-order valence-corrected chi connectivity index (χ1v) is 2.75. The predicted octanol–water partition coefficient (Wildman–Crippen LogP) is -2.62. The summed E-state index contributed by atoms with van der Waals surface area (Å²) in [5.41, 5.74) is -0.525. The minimum atomic E-state index is -0.790. The first-order valence-electron chi connectivity index (χ1n) is 2.75. The second kappa shape index (κ2) is 4.30. The van der Waals surface area contributed by atoms with E-state index in [4.69, 9.17) is 5.11 Å². The number of aromatic hydroxyl groups is 1. The van der Waals surface area contributed by atoms with Gasteiger partial charge in [-0.15, -0.1) is 0 Å². The van der Waals surface area contributed by atoms with E-state index in [1.165, 1.54) is 0 Å². The van der Waals surface area contributed by atoms with Gasteiger partial charge in [0.05, 0.1) is 4.92 Å². The average molecular weight is 177 g/mol. The molecule has 0 saturated heterocycles. The van der Waals surface area contributed by atoms with Crippen LogP contribution >= 0.6 is 0 Å². The zero-order valence-corrected chi connectivity index (χ0v) is 8.35. The Kier molecular flexibility index (Phi) is 4.02. The molecule has 0 aliphatic carbocycles. The number of phenolic OH excluding ortho intramolecular Hbond substituents is 1. The molecule has 0 amide bonds. The number of nitrogens with zero attached hydrogens (tertiary/aromatic N) is 1. The maximum atomic E-state index is 10.7. The van der Waals surface area contributed by atoms with Gasteiger partial charge in [-0.05, 0) is 17.9 Å². The predicted molar refractivity (Wildman–Crippen MR) is 34.2 cm³/mol. The van der Waals surface area contributed by atoms with Crippen LogP contribution in [-0.4, -0.2) is 10.0 Å². The van der Waals surface area contributed by atoms with Crippen molar-refractivity contribution in [1.29, 1.82) is 0 Å². The Balaban J connectivity index is 0.00000121. The van der Waals surface area contributed by atoms with E-state index in [-0.39, 0.29) is 35.3 Å². The summed E-state index contributed by atoms with van der Waals surface area (Å²) in [6.07, 6.45) is 0. The summed E-state index contributed by atoms with van der Waals surface area (Å²) in [6, 6.07) is 2.87. The Hall–Kier alpha value is -0.780. The first-order chi connectivity index (χ1) is 5.11. The second-order valence-corrected chi connectivity index (χ2v) is 1.91. The fourth-order valence-electron chi connectivity index (χ4n) is 0.654. The van der Waals surface area contributed by atoms with Gasteiger partial charge in [0.25, 0.3) is 5.69 Å². The summed E-state index contributed by atoms with van der Waals surface area (Å²) in [7, 11) is 0. The molecular formula is C6H4NNaO4. The molecule has 58 valence electrons. The SMILES string of the molecule is O=[N+]([O-])c1ccc(O)cc1[O-].[Na+]. The monoisotopic (exact) mass is 177 g/mol. The molecule has 0 atom stereocenters. The van der Waals surface area contributed by atoms with Gasteiger partial charge in [-0.1, -0.05) is 0 Å². The van der Waals surface area contributed by atoms with Gasteiger partial charge < -0.3 is 10.2 Å². The van der Waals surface area contributed by atoms with Gasteiger partial charge in [0.2, 0.25) is 0 Å². The van der Waals surface area contributed by atoms with Gasteiger partial charge in [-0.2, -0.15) is 0 Å². The molecule has 0 fully saturated rings. The largest absolute Gasteiger partial charge is 1.00 e. The van der Waals surface area contributed by atoms with Crippen LogP contribution in [0.5, 0.6) is 11.5 Å². The van der Waals surface area contributed by atoms with E-state index < -0.39 is 16.4 Å². The molecule has 0 radical (unpaired) electrons. The maximum Gasteiger partial charge on any atom is 1.00 e. The molecule has 0 aliphatic rings. The quantitative estimate of drug-likeness (QED) is 0.289. The molecule has 1 aromatic carbocycles. The van der Waals surface area contributed by atoms with E-state index in [9.17, 15) is 15.2 Å². The van der Waals surface area contributed by atoms with Crippen molar-refractivity contribution < 1.29 is 44.7 Å². The van der Waals surface area contributed by atoms with Crippen LogP contribution in [0.25, 0.3) is 0 Å². The van der Waals surface area contributed by atoms with Gasteiger partial charge in [0.15, 0.2) is 0 Å². The third-order valence-electron chi connectivity index (χ3n) is 1.14. The number of hydrogen-bond acceptors (Lipinski definition) is 4. The van der Waals surface area contributed by atoms with Crippen LogP contribution in [0.3, 0.4) is 0 Å². The van der Waals surface area contributed by atoms with E-state index in [0.717, 1.165) is 18.2 Å². The number of nitro benzene ring substituents is 1. The minimum absolute atomic E-state index is 0. The van der Waals surface area contributed by atoms with Crippen LogP contribution in [0, 0.1) is 10.1 Å². The summed E-state index contributed by atoms with van der Waals surface area (Å²) >= 11 is 0. The smallest absolute Gasteiger partial charge is 0.868 e. The van der Waals surface area contributed by atoms with Gasteiger partial charge in [0, 0.05) is 6.07 Å². The standard InChI is InChI=1S/C6H5NO4.Na/c8-4-1-2-5(7(10)11)6(9)3-4;/h1-3,8-9H;/q;+1/p-1. The Morgan fingerprint density at radius 2 is 2.00 bits per heavy atom. The Morgan fingerprint density at radius 3 is 2.42 bits per heavy atom. The van der Waals surface area contributed by atoms with Crippen molar-refractivity contribution in [3.05, 3.63) is 28.3 Å². The normalized spacial score (nSPS) is 8.67. The van der Waals surface area contributed by atoms with Gasteiger partial charge in [-0.25, -0.2) is 0 Å². The molecular weight excluding hydrogens is 173 g/mol. The van der Waals surface area contributed by atoms with Gasteiger partial charge in [0.1, 0.15) is 5.75 Å². The summed E-state index contributed by atoms with van der Waals surface area (Å²) in [6.45, 7) is 0. The molecule has 12 heavy (non-hydrogen) atoms. The molecule has 1 rings (SSSR count). The van der Waals surface area contributed by atoms with E-state index in [0.29, 0.717) is 0 Å². The van der Waals surface area contributed by atoms with Crippen LogP contribution in [0.15, 0.2) is 18.2 Å². The molecule has 6 heteroatoms. The maximum absolute atomic E-state index is 10.7. The second-order valence-electron chi connectivity index (χ2n) is 1.91. The fourth-order valence-corrected chi connectivity index (χ4v) is 0.654. The number of phenols is 1. The number of rotatable bonds is 1. The zero-order valence-electron chi connectivity index (χ0n) is 6.35. The zero-order chi connectivity index (χ0) is 8.43. The molecule has 0 heterocycles. The topological polar surface area (TPSA) is 86.4 Å². The molecule has 0 aliphatic heterocycles. The average Bonchev–Trinajstić information content (AvgIpc) is 1.85. The van der Waals surface area contributed by atoms with Crippen molar-refractivity contribution in [3.63, 3.8) is 0 Å². The molecule has 0 aromatic heterocycles. The molecule has 0 saturated carbocycles. The summed E-state index contributed by atoms with van der Waals surface area (Å²) < 4.78 is 0. The van der Waals surface area contributed by atoms with Crippen molar-refractivity contribution in [2.24, 2.45) is 0 Å². The Bertz CT molecular complexity index is 302. The summed E-state index contributed by atoms with van der Waals surface area (Å²) in [5.74, 6) is -1.05. The molecule has 0 unspecified atom stereocenters. The Morgan fingerprint density at radius 1 is 1.42 bits per heavy atom. The van der Waals surface area contributed by atoms with E-state index in [1.807, 2.05) is 0 Å². The minimum Gasteiger partial charge on any atom is -0.868 e. The summed E-state index contributed by atoms with van der Waals surface area (Å²) in [4.78, 5) is 9.27. The molecule has 1 N–H and O–H groups in total. The van der Waals surface area contributed by atoms with Crippen LogP contribution in [0.4, 0.5) is 5.69 Å². The first kappa shape index (κ1) is 11.2. The molecule has 0 bridgehead atoms. The van der Waals surface area contributed by atoms with Crippen molar-refractivity contribution in [2.75, 3.05) is 0 Å². The number of benzene rings is 1. The van der Waals surface area contributed by atoms with Crippen LogP contribution in [-0.2, 0) is 0 Å². The van der Waals surface area contributed by atoms with Crippen LogP contribution < -0.4 is 34.7 Å². The third-order valence-corrected chi connectivity index (χ3v) is 1.14. The molecule has 0 spiro atoms. The van der Waals surface area contributed by atoms with Crippen molar-refractivity contribution in [2.45, 2.75) is 0 Å². The van der Waals surface area contributed by atoms with Crippen molar-refractivity contribution in [1.82, 2.24) is 0 Å². The third kappa shape index (κ3) is 2.37. The van der Waals surface area contributed by atoms with Gasteiger partial charge >= 0.3 is 29.6 Å². The van der Waals surface area contributed by atoms with E-state index >= 15 is 0 Å². The van der Waals surface area contributed by atoms with Crippen LogP contribution in [0.1, 0.15) is 0 Å². The summed E-state index contributed by atoms with van der Waals surface area (Å²) in [5, 5.41) is 29.4. The molecule has 5 nitrogen and oxygen atoms in total. The van der Waals surface area contributed by atoms with Crippen LogP contribution in [0.2, 0.25) is 0 Å². The van der Waals surface area contributed by atoms with E-state index in [1.54, 1.807) is 0 Å². The number of hydrogen-bond donors (Lipinski definition) is 1.